The van der Waals surface area contributed by atoms with Crippen LogP contribution in [0.2, 0.25) is 0 Å². The summed E-state index contributed by atoms with van der Waals surface area (Å²) < 4.78 is 4.78. The monoisotopic (exact) mass is 299 g/mol. The van der Waals surface area contributed by atoms with Crippen molar-refractivity contribution in [2.75, 3.05) is 13.7 Å². The number of thiophene rings is 1. The fourth-order valence-electron chi connectivity index (χ4n) is 1.86. The third-order valence-electron chi connectivity index (χ3n) is 2.99. The van der Waals surface area contributed by atoms with E-state index in [-0.39, 0.29) is 12.5 Å². The van der Waals surface area contributed by atoms with Gasteiger partial charge in [0.2, 0.25) is 0 Å². The van der Waals surface area contributed by atoms with Crippen LogP contribution in [0.15, 0.2) is 6.07 Å². The van der Waals surface area contributed by atoms with Crippen molar-refractivity contribution in [3.05, 3.63) is 21.4 Å². The van der Waals surface area contributed by atoms with E-state index in [1.54, 1.807) is 0 Å². The molecule has 0 aliphatic carbocycles. The molecule has 0 radical (unpaired) electrons. The molecule has 1 aromatic heterocycles. The number of ether oxygens (including phenoxy) is 1. The first-order valence-electron chi connectivity index (χ1n) is 6.68. The highest BCUT2D eigenvalue weighted by atomic mass is 32.1. The van der Waals surface area contributed by atoms with Gasteiger partial charge in [0.25, 0.3) is 5.91 Å². The van der Waals surface area contributed by atoms with Gasteiger partial charge in [-0.3, -0.25) is 4.79 Å². The number of aryl methyl sites for hydroxylation is 2. The van der Waals surface area contributed by atoms with E-state index < -0.39 is 12.1 Å². The Morgan fingerprint density at radius 2 is 2.15 bits per heavy atom. The molecule has 1 rings (SSSR count). The van der Waals surface area contributed by atoms with E-state index in [1.807, 2.05) is 6.07 Å². The van der Waals surface area contributed by atoms with Gasteiger partial charge in [0.1, 0.15) is 0 Å². The van der Waals surface area contributed by atoms with Crippen molar-refractivity contribution in [1.29, 1.82) is 0 Å². The Kier molecular flexibility index (Phi) is 6.67. The lowest BCUT2D eigenvalue weighted by Crippen LogP contribution is -2.37. The number of aliphatic carboxylic acids is 1. The van der Waals surface area contributed by atoms with E-state index in [1.165, 1.54) is 28.9 Å². The van der Waals surface area contributed by atoms with Crippen LogP contribution in [-0.2, 0) is 22.4 Å². The van der Waals surface area contributed by atoms with E-state index in [0.717, 1.165) is 19.3 Å². The molecule has 6 heteroatoms. The number of methoxy groups -OCH3 is 1. The molecule has 1 heterocycles. The van der Waals surface area contributed by atoms with E-state index in [4.69, 9.17) is 9.84 Å². The maximum atomic E-state index is 12.0. The second-order valence-corrected chi connectivity index (χ2v) is 5.57. The first-order chi connectivity index (χ1) is 9.53. The zero-order chi connectivity index (χ0) is 15.1. The fourth-order valence-corrected chi connectivity index (χ4v) is 3.13. The number of amides is 1. The number of carbonyl (C=O) groups excluding carboxylic acids is 1. The van der Waals surface area contributed by atoms with Gasteiger partial charge in [0, 0.05) is 12.0 Å². The van der Waals surface area contributed by atoms with Crippen molar-refractivity contribution in [1.82, 2.24) is 5.32 Å². The van der Waals surface area contributed by atoms with E-state index >= 15 is 0 Å². The minimum Gasteiger partial charge on any atom is -0.479 e. The van der Waals surface area contributed by atoms with Gasteiger partial charge in [0.05, 0.1) is 11.4 Å². The highest BCUT2D eigenvalue weighted by Gasteiger charge is 2.19. The summed E-state index contributed by atoms with van der Waals surface area (Å²) in [5.41, 5.74) is 1.20. The number of nitrogens with one attached hydrogen (secondary N) is 1. The molecule has 0 aliphatic heterocycles. The van der Waals surface area contributed by atoms with Crippen LogP contribution in [0.1, 0.15) is 40.4 Å². The molecule has 0 aliphatic rings. The Morgan fingerprint density at radius 3 is 2.65 bits per heavy atom. The van der Waals surface area contributed by atoms with Gasteiger partial charge in [0.15, 0.2) is 6.10 Å². The maximum absolute atomic E-state index is 12.0. The zero-order valence-electron chi connectivity index (χ0n) is 12.1. The van der Waals surface area contributed by atoms with Crippen LogP contribution in [0.5, 0.6) is 0 Å². The van der Waals surface area contributed by atoms with Crippen LogP contribution < -0.4 is 5.32 Å². The molecule has 0 saturated heterocycles. The van der Waals surface area contributed by atoms with Gasteiger partial charge in [-0.15, -0.1) is 11.3 Å². The molecule has 5 nitrogen and oxygen atoms in total. The molecule has 0 spiro atoms. The smallest absolute Gasteiger partial charge is 0.334 e. The molecular weight excluding hydrogens is 278 g/mol. The summed E-state index contributed by atoms with van der Waals surface area (Å²) in [5.74, 6) is -1.32. The first-order valence-corrected chi connectivity index (χ1v) is 7.50. The molecule has 0 aromatic carbocycles. The number of hydrogen-bond acceptors (Lipinski definition) is 4. The van der Waals surface area contributed by atoms with Crippen LogP contribution >= 0.6 is 11.3 Å². The summed E-state index contributed by atoms with van der Waals surface area (Å²) in [4.78, 5) is 24.7. The van der Waals surface area contributed by atoms with E-state index in [2.05, 4.69) is 19.2 Å². The van der Waals surface area contributed by atoms with Gasteiger partial charge in [-0.2, -0.15) is 0 Å². The normalized spacial score (nSPS) is 12.2. The van der Waals surface area contributed by atoms with Crippen molar-refractivity contribution < 1.29 is 19.4 Å². The molecule has 0 fully saturated rings. The fraction of sp³-hybridized carbons (Fsp3) is 0.571. The molecule has 2 N–H and O–H groups in total. The predicted octanol–water partition coefficient (Wildman–Crippen LogP) is 2.09. The highest BCUT2D eigenvalue weighted by molar-refractivity contribution is 7.14. The third kappa shape index (κ3) is 4.31. The number of carbonyl (C=O) groups is 2. The molecule has 20 heavy (non-hydrogen) atoms. The molecular formula is C14H21NO4S. The standard InChI is InChI=1S/C14H21NO4S/c1-4-6-11-9(5-2)7-12(20-11)13(16)15-8-10(19-3)14(17)18/h7,10H,4-6,8H2,1-3H3,(H,15,16)(H,17,18). The van der Waals surface area contributed by atoms with Gasteiger partial charge in [-0.25, -0.2) is 4.79 Å². The summed E-state index contributed by atoms with van der Waals surface area (Å²) in [7, 11) is 1.31. The summed E-state index contributed by atoms with van der Waals surface area (Å²) in [6, 6.07) is 1.90. The zero-order valence-corrected chi connectivity index (χ0v) is 12.9. The number of rotatable bonds is 8. The number of carboxylic acids is 1. The highest BCUT2D eigenvalue weighted by Crippen LogP contribution is 2.24. The Hall–Kier alpha value is -1.40. The Bertz CT molecular complexity index is 470. The molecule has 1 amide bonds. The first kappa shape index (κ1) is 16.7. The lowest BCUT2D eigenvalue weighted by molar-refractivity contribution is -0.147. The van der Waals surface area contributed by atoms with Crippen LogP contribution in [0.4, 0.5) is 0 Å². The topological polar surface area (TPSA) is 75.6 Å². The SMILES string of the molecule is CCCc1sc(C(=O)NCC(OC)C(=O)O)cc1CC. The van der Waals surface area contributed by atoms with Crippen LogP contribution in [0.25, 0.3) is 0 Å². The van der Waals surface area contributed by atoms with E-state index in [9.17, 15) is 9.59 Å². The number of carboxylic acid groups (broad SMARTS) is 1. The minimum absolute atomic E-state index is 0.0346. The van der Waals surface area contributed by atoms with Gasteiger partial charge in [-0.05, 0) is 24.5 Å². The Labute approximate surface area is 123 Å². The van der Waals surface area contributed by atoms with E-state index in [0.29, 0.717) is 4.88 Å². The summed E-state index contributed by atoms with van der Waals surface area (Å²) in [6.45, 7) is 4.14. The lowest BCUT2D eigenvalue weighted by atomic mass is 10.1. The largest absolute Gasteiger partial charge is 0.479 e. The van der Waals surface area contributed by atoms with Crippen molar-refractivity contribution in [2.24, 2.45) is 0 Å². The summed E-state index contributed by atoms with van der Waals surface area (Å²) in [6.07, 6.45) is 1.89. The van der Waals surface area contributed by atoms with Crippen molar-refractivity contribution in [3.8, 4) is 0 Å². The predicted molar refractivity (Wildman–Crippen MR) is 78.5 cm³/mol. The summed E-state index contributed by atoms with van der Waals surface area (Å²) in [5, 5.41) is 11.4. The average Bonchev–Trinajstić information content (AvgIpc) is 2.82. The minimum atomic E-state index is -1.08. The molecule has 1 atom stereocenters. The van der Waals surface area contributed by atoms with Crippen molar-refractivity contribution >= 4 is 23.2 Å². The quantitative estimate of drug-likeness (QED) is 0.770. The average molecular weight is 299 g/mol. The van der Waals surface area contributed by atoms with Crippen molar-refractivity contribution in [3.63, 3.8) is 0 Å². The molecule has 1 aromatic rings. The van der Waals surface area contributed by atoms with Gasteiger partial charge in [-0.1, -0.05) is 20.3 Å². The van der Waals surface area contributed by atoms with Crippen LogP contribution in [0.3, 0.4) is 0 Å². The van der Waals surface area contributed by atoms with Crippen LogP contribution in [-0.4, -0.2) is 36.7 Å². The van der Waals surface area contributed by atoms with Crippen LogP contribution in [0, 0.1) is 0 Å². The third-order valence-corrected chi connectivity index (χ3v) is 4.22. The Balaban J connectivity index is 2.70. The molecule has 0 bridgehead atoms. The number of hydrogen-bond donors (Lipinski definition) is 2. The molecule has 112 valence electrons. The lowest BCUT2D eigenvalue weighted by Gasteiger charge is -2.10. The maximum Gasteiger partial charge on any atom is 0.334 e. The molecule has 1 unspecified atom stereocenters. The Morgan fingerprint density at radius 1 is 1.45 bits per heavy atom. The van der Waals surface area contributed by atoms with Gasteiger partial charge < -0.3 is 15.2 Å². The van der Waals surface area contributed by atoms with Gasteiger partial charge >= 0.3 is 5.97 Å². The summed E-state index contributed by atoms with van der Waals surface area (Å²) >= 11 is 1.48. The van der Waals surface area contributed by atoms with Crippen molar-refractivity contribution in [2.45, 2.75) is 39.2 Å². The second-order valence-electron chi connectivity index (χ2n) is 4.44. The second kappa shape index (κ2) is 8.01. The molecule has 0 saturated carbocycles.